The molecule has 0 aliphatic heterocycles. The van der Waals surface area contributed by atoms with Crippen LogP contribution in [-0.4, -0.2) is 15.8 Å². The minimum atomic E-state index is 0.0538. The summed E-state index contributed by atoms with van der Waals surface area (Å²) in [6, 6.07) is 0. The highest BCUT2D eigenvalue weighted by Crippen LogP contribution is 2.18. The fourth-order valence-corrected chi connectivity index (χ4v) is 2.88. The highest BCUT2D eigenvalue weighted by molar-refractivity contribution is 7.11. The topological polar surface area (TPSA) is 42.9 Å². The molecule has 0 unspecified atom stereocenters. The van der Waals surface area contributed by atoms with E-state index in [-0.39, 0.29) is 5.78 Å². The molecule has 0 saturated carbocycles. The number of rotatable bonds is 3. The van der Waals surface area contributed by atoms with E-state index in [0.717, 1.165) is 15.7 Å². The minimum absolute atomic E-state index is 0.0538. The Morgan fingerprint density at radius 3 is 2.56 bits per heavy atom. The van der Waals surface area contributed by atoms with Crippen molar-refractivity contribution in [3.05, 3.63) is 31.7 Å². The smallest absolute Gasteiger partial charge is 0.188 e. The zero-order valence-corrected chi connectivity index (χ0v) is 11.0. The molecule has 0 aliphatic carbocycles. The zero-order chi connectivity index (χ0) is 11.7. The maximum absolute atomic E-state index is 11.9. The van der Waals surface area contributed by atoms with Crippen LogP contribution in [-0.2, 0) is 6.42 Å². The highest BCUT2D eigenvalue weighted by atomic mass is 32.1. The van der Waals surface area contributed by atoms with E-state index in [1.54, 1.807) is 11.3 Å². The van der Waals surface area contributed by atoms with E-state index in [1.165, 1.54) is 16.2 Å². The van der Waals surface area contributed by atoms with Crippen molar-refractivity contribution in [2.24, 2.45) is 0 Å². The van der Waals surface area contributed by atoms with Crippen molar-refractivity contribution < 1.29 is 4.79 Å². The minimum Gasteiger partial charge on any atom is -0.292 e. The van der Waals surface area contributed by atoms with Crippen LogP contribution in [0.2, 0.25) is 0 Å². The molecule has 0 aromatic carbocycles. The van der Waals surface area contributed by atoms with Crippen molar-refractivity contribution in [1.29, 1.82) is 0 Å². The molecule has 2 rings (SSSR count). The lowest BCUT2D eigenvalue weighted by Gasteiger charge is -1.92. The lowest BCUT2D eigenvalue weighted by molar-refractivity contribution is 0.0988. The second-order valence-electron chi connectivity index (χ2n) is 3.60. The predicted molar refractivity (Wildman–Crippen MR) is 66.5 cm³/mol. The SMILES string of the molecule is Cc1nc(C(=O)Cc2nc(C)c(C)s2)cs1. The Balaban J connectivity index is 2.13. The van der Waals surface area contributed by atoms with Crippen molar-refractivity contribution in [1.82, 2.24) is 9.97 Å². The lowest BCUT2D eigenvalue weighted by atomic mass is 10.2. The average Bonchev–Trinajstić information content (AvgIpc) is 2.75. The van der Waals surface area contributed by atoms with Gasteiger partial charge < -0.3 is 0 Å². The van der Waals surface area contributed by atoms with Gasteiger partial charge in [0.1, 0.15) is 10.7 Å². The zero-order valence-electron chi connectivity index (χ0n) is 9.40. The molecule has 0 fully saturated rings. The van der Waals surface area contributed by atoms with Crippen LogP contribution in [0.3, 0.4) is 0 Å². The van der Waals surface area contributed by atoms with Crippen LogP contribution >= 0.6 is 22.7 Å². The van der Waals surface area contributed by atoms with E-state index in [9.17, 15) is 4.79 Å². The summed E-state index contributed by atoms with van der Waals surface area (Å²) in [5, 5.41) is 3.62. The Bertz CT molecular complexity index is 508. The second kappa shape index (κ2) is 4.43. The molecule has 0 N–H and O–H groups in total. The summed E-state index contributed by atoms with van der Waals surface area (Å²) in [6.07, 6.45) is 0.364. The predicted octanol–water partition coefficient (Wildman–Crippen LogP) is 2.95. The Morgan fingerprint density at radius 2 is 2.06 bits per heavy atom. The summed E-state index contributed by atoms with van der Waals surface area (Å²) in [7, 11) is 0. The molecule has 0 aliphatic rings. The molecule has 84 valence electrons. The number of aryl methyl sites for hydroxylation is 3. The van der Waals surface area contributed by atoms with Gasteiger partial charge in [-0.2, -0.15) is 0 Å². The molecule has 2 aromatic heterocycles. The van der Waals surface area contributed by atoms with Gasteiger partial charge in [-0.3, -0.25) is 4.79 Å². The van der Waals surface area contributed by atoms with Crippen LogP contribution in [0.25, 0.3) is 0 Å². The molecular weight excluding hydrogens is 240 g/mol. The number of hydrogen-bond donors (Lipinski definition) is 0. The summed E-state index contributed by atoms with van der Waals surface area (Å²) < 4.78 is 0. The molecule has 0 atom stereocenters. The third kappa shape index (κ3) is 2.36. The van der Waals surface area contributed by atoms with Gasteiger partial charge in [0, 0.05) is 10.3 Å². The van der Waals surface area contributed by atoms with Gasteiger partial charge in [0.15, 0.2) is 5.78 Å². The van der Waals surface area contributed by atoms with Crippen LogP contribution in [0.15, 0.2) is 5.38 Å². The first-order valence-corrected chi connectivity index (χ1v) is 6.64. The van der Waals surface area contributed by atoms with E-state index in [2.05, 4.69) is 9.97 Å². The first-order chi connectivity index (χ1) is 7.56. The van der Waals surface area contributed by atoms with E-state index < -0.39 is 0 Å². The normalized spacial score (nSPS) is 10.7. The number of carbonyl (C=O) groups excluding carboxylic acids is 1. The third-order valence-corrected chi connectivity index (χ3v) is 4.14. The van der Waals surface area contributed by atoms with E-state index in [1.807, 2.05) is 26.2 Å². The number of nitrogens with zero attached hydrogens (tertiary/aromatic N) is 2. The van der Waals surface area contributed by atoms with Gasteiger partial charge in [-0.1, -0.05) is 0 Å². The molecular formula is C11H12N2OS2. The Morgan fingerprint density at radius 1 is 1.31 bits per heavy atom. The van der Waals surface area contributed by atoms with Gasteiger partial charge >= 0.3 is 0 Å². The standard InChI is InChI=1S/C11H12N2OS2/c1-6-7(2)16-11(12-6)4-10(14)9-5-15-8(3)13-9/h5H,4H2,1-3H3. The number of thiazole rings is 2. The molecule has 2 aromatic rings. The third-order valence-electron chi connectivity index (χ3n) is 2.29. The van der Waals surface area contributed by atoms with E-state index in [4.69, 9.17) is 0 Å². The molecule has 16 heavy (non-hydrogen) atoms. The van der Waals surface area contributed by atoms with Gasteiger partial charge in [0.2, 0.25) is 0 Å². The fraction of sp³-hybridized carbons (Fsp3) is 0.364. The summed E-state index contributed by atoms with van der Waals surface area (Å²) >= 11 is 3.09. The summed E-state index contributed by atoms with van der Waals surface area (Å²) in [5.74, 6) is 0.0538. The Kier molecular flexibility index (Phi) is 3.16. The monoisotopic (exact) mass is 252 g/mol. The first-order valence-electron chi connectivity index (χ1n) is 4.94. The quantitative estimate of drug-likeness (QED) is 0.789. The van der Waals surface area contributed by atoms with Crippen LogP contribution < -0.4 is 0 Å². The Hall–Kier alpha value is -1.07. The van der Waals surface area contributed by atoms with Gasteiger partial charge in [0.25, 0.3) is 0 Å². The van der Waals surface area contributed by atoms with Crippen molar-refractivity contribution in [3.63, 3.8) is 0 Å². The Labute approximate surface area is 102 Å². The van der Waals surface area contributed by atoms with Gasteiger partial charge in [-0.05, 0) is 20.8 Å². The molecule has 0 spiro atoms. The van der Waals surface area contributed by atoms with Crippen LogP contribution in [0.4, 0.5) is 0 Å². The van der Waals surface area contributed by atoms with E-state index in [0.29, 0.717) is 12.1 Å². The maximum Gasteiger partial charge on any atom is 0.188 e. The highest BCUT2D eigenvalue weighted by Gasteiger charge is 2.13. The van der Waals surface area contributed by atoms with Crippen molar-refractivity contribution in [2.45, 2.75) is 27.2 Å². The summed E-state index contributed by atoms with van der Waals surface area (Å²) in [5.41, 5.74) is 1.58. The van der Waals surface area contributed by atoms with Crippen LogP contribution in [0, 0.1) is 20.8 Å². The van der Waals surface area contributed by atoms with Crippen LogP contribution in [0.1, 0.15) is 31.1 Å². The number of aromatic nitrogens is 2. The fourth-order valence-electron chi connectivity index (χ4n) is 1.33. The average molecular weight is 252 g/mol. The second-order valence-corrected chi connectivity index (χ2v) is 5.95. The molecule has 0 saturated heterocycles. The number of ketones is 1. The molecule has 0 bridgehead atoms. The van der Waals surface area contributed by atoms with Crippen LogP contribution in [0.5, 0.6) is 0 Å². The summed E-state index contributed by atoms with van der Waals surface area (Å²) in [4.78, 5) is 21.6. The number of carbonyl (C=O) groups is 1. The number of hydrogen-bond acceptors (Lipinski definition) is 5. The molecule has 5 heteroatoms. The van der Waals surface area contributed by atoms with Gasteiger partial charge in [0.05, 0.1) is 17.1 Å². The molecule has 0 amide bonds. The summed E-state index contributed by atoms with van der Waals surface area (Å²) in [6.45, 7) is 5.89. The first kappa shape index (κ1) is 11.4. The molecule has 3 nitrogen and oxygen atoms in total. The van der Waals surface area contributed by atoms with Gasteiger partial charge in [-0.25, -0.2) is 9.97 Å². The lowest BCUT2D eigenvalue weighted by Crippen LogP contribution is -2.03. The van der Waals surface area contributed by atoms with Gasteiger partial charge in [-0.15, -0.1) is 22.7 Å². The number of Topliss-reactive ketones (excluding diaryl/α,β-unsaturated/α-hetero) is 1. The largest absolute Gasteiger partial charge is 0.292 e. The van der Waals surface area contributed by atoms with Crippen molar-refractivity contribution >= 4 is 28.5 Å². The van der Waals surface area contributed by atoms with Crippen molar-refractivity contribution in [3.8, 4) is 0 Å². The molecule has 0 radical (unpaired) electrons. The van der Waals surface area contributed by atoms with Crippen molar-refractivity contribution in [2.75, 3.05) is 0 Å². The maximum atomic E-state index is 11.9. The van der Waals surface area contributed by atoms with E-state index >= 15 is 0 Å². The molecule has 2 heterocycles.